The lowest BCUT2D eigenvalue weighted by atomic mass is 10.1. The Kier molecular flexibility index (Phi) is 5.47. The molecular formula is C15H19NO3S. The van der Waals surface area contributed by atoms with Crippen molar-refractivity contribution in [1.29, 1.82) is 0 Å². The smallest absolute Gasteiger partial charge is 0.310 e. The van der Waals surface area contributed by atoms with E-state index in [1.165, 1.54) is 12.0 Å². The summed E-state index contributed by atoms with van der Waals surface area (Å²) >= 11 is 1.79. The summed E-state index contributed by atoms with van der Waals surface area (Å²) < 4.78 is 4.69. The SMILES string of the molecule is COC(=O)C1CC(=O)N(CCCSc2ccccc2)C1. The number of rotatable bonds is 6. The van der Waals surface area contributed by atoms with E-state index in [1.807, 2.05) is 18.2 Å². The van der Waals surface area contributed by atoms with E-state index in [0.29, 0.717) is 19.5 Å². The fraction of sp³-hybridized carbons (Fsp3) is 0.467. The second-order valence-electron chi connectivity index (χ2n) is 4.78. The number of esters is 1. The van der Waals surface area contributed by atoms with Gasteiger partial charge in [0.05, 0.1) is 13.0 Å². The van der Waals surface area contributed by atoms with Gasteiger partial charge >= 0.3 is 5.97 Å². The van der Waals surface area contributed by atoms with Gasteiger partial charge < -0.3 is 9.64 Å². The Labute approximate surface area is 123 Å². The lowest BCUT2D eigenvalue weighted by Crippen LogP contribution is -2.27. The zero-order valence-electron chi connectivity index (χ0n) is 11.6. The number of ether oxygens (including phenoxy) is 1. The molecule has 0 aliphatic carbocycles. The standard InChI is InChI=1S/C15H19NO3S/c1-19-15(18)12-10-14(17)16(11-12)8-5-9-20-13-6-3-2-4-7-13/h2-4,6-7,12H,5,8-11H2,1H3. The Balaban J connectivity index is 1.69. The molecule has 20 heavy (non-hydrogen) atoms. The Morgan fingerprint density at radius 3 is 2.85 bits per heavy atom. The first-order chi connectivity index (χ1) is 9.70. The molecule has 0 radical (unpaired) electrons. The minimum atomic E-state index is -0.283. The van der Waals surface area contributed by atoms with Crippen molar-refractivity contribution in [1.82, 2.24) is 4.90 Å². The second kappa shape index (κ2) is 7.33. The molecule has 2 rings (SSSR count). The molecule has 1 saturated heterocycles. The molecule has 1 aromatic carbocycles. The van der Waals surface area contributed by atoms with Gasteiger partial charge in [0.2, 0.25) is 5.91 Å². The van der Waals surface area contributed by atoms with Crippen LogP contribution in [0.2, 0.25) is 0 Å². The van der Waals surface area contributed by atoms with Gasteiger partial charge in [-0.3, -0.25) is 9.59 Å². The van der Waals surface area contributed by atoms with Crippen LogP contribution >= 0.6 is 11.8 Å². The first-order valence-corrected chi connectivity index (χ1v) is 7.72. The number of methoxy groups -OCH3 is 1. The normalized spacial score (nSPS) is 18.4. The van der Waals surface area contributed by atoms with Crippen LogP contribution in [0.1, 0.15) is 12.8 Å². The first kappa shape index (κ1) is 14.9. The van der Waals surface area contributed by atoms with Gasteiger partial charge in [0.25, 0.3) is 0 Å². The maximum absolute atomic E-state index is 11.8. The van der Waals surface area contributed by atoms with Crippen molar-refractivity contribution in [3.8, 4) is 0 Å². The Hall–Kier alpha value is -1.49. The third-order valence-corrected chi connectivity index (χ3v) is 4.43. The monoisotopic (exact) mass is 293 g/mol. The molecule has 1 aromatic rings. The number of benzene rings is 1. The Morgan fingerprint density at radius 1 is 1.40 bits per heavy atom. The molecule has 1 aliphatic heterocycles. The fourth-order valence-corrected chi connectivity index (χ4v) is 3.13. The molecule has 0 N–H and O–H groups in total. The summed E-state index contributed by atoms with van der Waals surface area (Å²) in [5, 5.41) is 0. The molecule has 0 spiro atoms. The van der Waals surface area contributed by atoms with Crippen LogP contribution in [0, 0.1) is 5.92 Å². The predicted molar refractivity (Wildman–Crippen MR) is 78.5 cm³/mol. The summed E-state index contributed by atoms with van der Waals surface area (Å²) in [5.74, 6) is 0.468. The molecule has 5 heteroatoms. The van der Waals surface area contributed by atoms with Gasteiger partial charge in [0, 0.05) is 24.4 Å². The highest BCUT2D eigenvalue weighted by Gasteiger charge is 2.34. The number of amides is 1. The van der Waals surface area contributed by atoms with Crippen molar-refractivity contribution in [2.24, 2.45) is 5.92 Å². The van der Waals surface area contributed by atoms with Gasteiger partial charge in [0.15, 0.2) is 0 Å². The van der Waals surface area contributed by atoms with E-state index in [2.05, 4.69) is 12.1 Å². The maximum atomic E-state index is 11.8. The summed E-state index contributed by atoms with van der Waals surface area (Å²) in [6, 6.07) is 10.2. The predicted octanol–water partition coefficient (Wildman–Crippen LogP) is 2.19. The van der Waals surface area contributed by atoms with Crippen LogP contribution in [0.3, 0.4) is 0 Å². The van der Waals surface area contributed by atoms with Crippen molar-refractivity contribution in [3.63, 3.8) is 0 Å². The number of nitrogens with zero attached hydrogens (tertiary/aromatic N) is 1. The summed E-state index contributed by atoms with van der Waals surface area (Å²) in [6.07, 6.45) is 1.22. The third-order valence-electron chi connectivity index (χ3n) is 3.33. The van der Waals surface area contributed by atoms with Crippen molar-refractivity contribution in [3.05, 3.63) is 30.3 Å². The highest BCUT2D eigenvalue weighted by atomic mass is 32.2. The number of carbonyl (C=O) groups excluding carboxylic acids is 2. The molecule has 0 saturated carbocycles. The third kappa shape index (κ3) is 4.00. The number of hydrogen-bond acceptors (Lipinski definition) is 4. The van der Waals surface area contributed by atoms with E-state index < -0.39 is 0 Å². The molecule has 1 unspecified atom stereocenters. The van der Waals surface area contributed by atoms with E-state index in [0.717, 1.165) is 12.2 Å². The minimum absolute atomic E-state index is 0.0603. The van der Waals surface area contributed by atoms with Crippen molar-refractivity contribution in [2.75, 3.05) is 26.0 Å². The van der Waals surface area contributed by atoms with Gasteiger partial charge in [-0.25, -0.2) is 0 Å². The molecule has 1 amide bonds. The van der Waals surface area contributed by atoms with Crippen LogP contribution in [0.5, 0.6) is 0 Å². The number of likely N-dealkylation sites (tertiary alicyclic amines) is 1. The molecule has 1 heterocycles. The van der Waals surface area contributed by atoms with Gasteiger partial charge in [0.1, 0.15) is 0 Å². The molecule has 4 nitrogen and oxygen atoms in total. The van der Waals surface area contributed by atoms with Crippen molar-refractivity contribution in [2.45, 2.75) is 17.7 Å². The highest BCUT2D eigenvalue weighted by Crippen LogP contribution is 2.21. The number of carbonyl (C=O) groups is 2. The molecule has 1 aliphatic rings. The van der Waals surface area contributed by atoms with E-state index in [4.69, 9.17) is 4.74 Å². The van der Waals surface area contributed by atoms with Crippen LogP contribution in [-0.2, 0) is 14.3 Å². The van der Waals surface area contributed by atoms with Gasteiger partial charge in [-0.1, -0.05) is 18.2 Å². The second-order valence-corrected chi connectivity index (χ2v) is 5.95. The Morgan fingerprint density at radius 2 is 2.15 bits per heavy atom. The van der Waals surface area contributed by atoms with Crippen LogP contribution in [0.15, 0.2) is 35.2 Å². The lowest BCUT2D eigenvalue weighted by Gasteiger charge is -2.15. The average molecular weight is 293 g/mol. The fourth-order valence-electron chi connectivity index (χ4n) is 2.27. The lowest BCUT2D eigenvalue weighted by molar-refractivity contribution is -0.145. The molecule has 108 valence electrons. The first-order valence-electron chi connectivity index (χ1n) is 6.74. The summed E-state index contributed by atoms with van der Waals surface area (Å²) in [5.41, 5.74) is 0. The Bertz CT molecular complexity index is 463. The molecule has 1 atom stereocenters. The highest BCUT2D eigenvalue weighted by molar-refractivity contribution is 7.99. The zero-order chi connectivity index (χ0) is 14.4. The summed E-state index contributed by atoms with van der Waals surface area (Å²) in [6.45, 7) is 1.22. The van der Waals surface area contributed by atoms with Gasteiger partial charge in [-0.05, 0) is 24.3 Å². The molecule has 0 bridgehead atoms. The van der Waals surface area contributed by atoms with E-state index in [1.54, 1.807) is 16.7 Å². The van der Waals surface area contributed by atoms with E-state index in [-0.39, 0.29) is 17.8 Å². The van der Waals surface area contributed by atoms with Crippen LogP contribution in [0.4, 0.5) is 0 Å². The van der Waals surface area contributed by atoms with Crippen LogP contribution < -0.4 is 0 Å². The largest absolute Gasteiger partial charge is 0.469 e. The average Bonchev–Trinajstić information content (AvgIpc) is 2.85. The van der Waals surface area contributed by atoms with Gasteiger partial charge in [-0.2, -0.15) is 0 Å². The molecule has 0 aromatic heterocycles. The zero-order valence-corrected chi connectivity index (χ0v) is 12.4. The van der Waals surface area contributed by atoms with E-state index in [9.17, 15) is 9.59 Å². The minimum Gasteiger partial charge on any atom is -0.469 e. The van der Waals surface area contributed by atoms with Crippen molar-refractivity contribution < 1.29 is 14.3 Å². The van der Waals surface area contributed by atoms with E-state index >= 15 is 0 Å². The number of hydrogen-bond donors (Lipinski definition) is 0. The molecule has 1 fully saturated rings. The summed E-state index contributed by atoms with van der Waals surface area (Å²) in [4.78, 5) is 26.2. The van der Waals surface area contributed by atoms with Crippen molar-refractivity contribution >= 4 is 23.6 Å². The topological polar surface area (TPSA) is 46.6 Å². The molecular weight excluding hydrogens is 274 g/mol. The van der Waals surface area contributed by atoms with Gasteiger partial charge in [-0.15, -0.1) is 11.8 Å². The number of thioether (sulfide) groups is 1. The summed E-state index contributed by atoms with van der Waals surface area (Å²) in [7, 11) is 1.37. The maximum Gasteiger partial charge on any atom is 0.310 e. The van der Waals surface area contributed by atoms with Crippen LogP contribution in [0.25, 0.3) is 0 Å². The van der Waals surface area contributed by atoms with Crippen LogP contribution in [-0.4, -0.2) is 42.7 Å². The quantitative estimate of drug-likeness (QED) is 0.458.